The monoisotopic (exact) mass is 466 g/mol. The molecule has 170 valence electrons. The minimum absolute atomic E-state index is 0.0826. The van der Waals surface area contributed by atoms with E-state index in [4.69, 9.17) is 16.3 Å². The highest BCUT2D eigenvalue weighted by Gasteiger charge is 2.29. The summed E-state index contributed by atoms with van der Waals surface area (Å²) in [5, 5.41) is 3.24. The SMILES string of the molecule is CCCCC(CC)CNC(=O)CN(c1cc(Cl)ccc1OC)S(=O)(=O)c1ccccc1. The predicted molar refractivity (Wildman–Crippen MR) is 125 cm³/mol. The maximum atomic E-state index is 13.4. The third-order valence-electron chi connectivity index (χ3n) is 5.16. The van der Waals surface area contributed by atoms with Gasteiger partial charge in [0.1, 0.15) is 12.3 Å². The van der Waals surface area contributed by atoms with E-state index in [2.05, 4.69) is 19.2 Å². The molecule has 0 aliphatic heterocycles. The summed E-state index contributed by atoms with van der Waals surface area (Å²) in [5.74, 6) is 0.298. The quantitative estimate of drug-likeness (QED) is 0.483. The van der Waals surface area contributed by atoms with Crippen molar-refractivity contribution < 1.29 is 17.9 Å². The minimum Gasteiger partial charge on any atom is -0.495 e. The smallest absolute Gasteiger partial charge is 0.264 e. The molecule has 1 atom stereocenters. The van der Waals surface area contributed by atoms with Gasteiger partial charge in [-0.1, -0.05) is 62.9 Å². The Morgan fingerprint density at radius 1 is 1.16 bits per heavy atom. The van der Waals surface area contributed by atoms with Crippen LogP contribution >= 0.6 is 11.6 Å². The van der Waals surface area contributed by atoms with Crippen molar-refractivity contribution in [2.45, 2.75) is 44.4 Å². The second kappa shape index (κ2) is 12.0. The van der Waals surface area contributed by atoms with Crippen molar-refractivity contribution >= 4 is 33.2 Å². The van der Waals surface area contributed by atoms with Gasteiger partial charge in [-0.2, -0.15) is 0 Å². The summed E-state index contributed by atoms with van der Waals surface area (Å²) >= 11 is 6.14. The van der Waals surface area contributed by atoms with Crippen molar-refractivity contribution in [1.29, 1.82) is 0 Å². The number of anilines is 1. The van der Waals surface area contributed by atoms with Crippen molar-refractivity contribution in [2.24, 2.45) is 5.92 Å². The van der Waals surface area contributed by atoms with Gasteiger partial charge in [-0.05, 0) is 42.7 Å². The van der Waals surface area contributed by atoms with Crippen LogP contribution < -0.4 is 14.4 Å². The van der Waals surface area contributed by atoms with E-state index in [9.17, 15) is 13.2 Å². The van der Waals surface area contributed by atoms with Gasteiger partial charge in [-0.3, -0.25) is 9.10 Å². The zero-order valence-electron chi connectivity index (χ0n) is 18.3. The molecule has 2 aromatic carbocycles. The number of hydrogen-bond donors (Lipinski definition) is 1. The van der Waals surface area contributed by atoms with Crippen LogP contribution in [-0.2, 0) is 14.8 Å². The first-order valence-electron chi connectivity index (χ1n) is 10.5. The lowest BCUT2D eigenvalue weighted by Crippen LogP contribution is -2.42. The Kier molecular flexibility index (Phi) is 9.65. The first kappa shape index (κ1) is 25.0. The number of halogens is 1. The molecule has 2 aromatic rings. The summed E-state index contributed by atoms with van der Waals surface area (Å²) in [6, 6.07) is 12.7. The van der Waals surface area contributed by atoms with Crippen molar-refractivity contribution in [2.75, 3.05) is 24.5 Å². The number of methoxy groups -OCH3 is 1. The number of carbonyl (C=O) groups excluding carboxylic acids is 1. The Balaban J connectivity index is 2.33. The second-order valence-corrected chi connectivity index (χ2v) is 9.66. The van der Waals surface area contributed by atoms with Gasteiger partial charge in [-0.25, -0.2) is 8.42 Å². The molecular weight excluding hydrogens is 436 g/mol. The lowest BCUT2D eigenvalue weighted by Gasteiger charge is -2.26. The summed E-state index contributed by atoms with van der Waals surface area (Å²) in [6.45, 7) is 4.37. The van der Waals surface area contributed by atoms with Crippen LogP contribution in [0.1, 0.15) is 39.5 Å². The van der Waals surface area contributed by atoms with Crippen LogP contribution in [0.3, 0.4) is 0 Å². The lowest BCUT2D eigenvalue weighted by molar-refractivity contribution is -0.119. The molecule has 1 N–H and O–H groups in total. The van der Waals surface area contributed by atoms with E-state index in [-0.39, 0.29) is 23.0 Å². The summed E-state index contributed by atoms with van der Waals surface area (Å²) in [4.78, 5) is 12.9. The van der Waals surface area contributed by atoms with Crippen molar-refractivity contribution in [3.05, 3.63) is 53.6 Å². The fraction of sp³-hybridized carbons (Fsp3) is 0.435. The normalized spacial score (nSPS) is 12.3. The van der Waals surface area contributed by atoms with Gasteiger partial charge < -0.3 is 10.1 Å². The van der Waals surface area contributed by atoms with E-state index in [1.54, 1.807) is 30.3 Å². The van der Waals surface area contributed by atoms with E-state index in [1.807, 2.05) is 0 Å². The molecule has 8 heteroatoms. The predicted octanol–water partition coefficient (Wildman–Crippen LogP) is 4.88. The Morgan fingerprint density at radius 3 is 2.48 bits per heavy atom. The Bertz CT molecular complexity index is 951. The Labute approximate surface area is 190 Å². The average Bonchev–Trinajstić information content (AvgIpc) is 2.78. The Hall–Kier alpha value is -2.25. The molecule has 0 aliphatic rings. The molecule has 1 unspecified atom stereocenters. The third kappa shape index (κ3) is 6.87. The molecule has 0 heterocycles. The second-order valence-electron chi connectivity index (χ2n) is 7.36. The van der Waals surface area contributed by atoms with Crippen molar-refractivity contribution in [3.8, 4) is 5.75 Å². The summed E-state index contributed by atoms with van der Waals surface area (Å²) < 4.78 is 33.3. The molecule has 0 aromatic heterocycles. The molecule has 0 bridgehead atoms. The third-order valence-corrected chi connectivity index (χ3v) is 7.17. The molecule has 6 nitrogen and oxygen atoms in total. The molecule has 2 rings (SSSR count). The molecule has 31 heavy (non-hydrogen) atoms. The number of benzene rings is 2. The molecule has 1 amide bonds. The van der Waals surface area contributed by atoms with E-state index in [0.717, 1.165) is 30.0 Å². The van der Waals surface area contributed by atoms with Gasteiger partial charge in [0.05, 0.1) is 17.7 Å². The van der Waals surface area contributed by atoms with E-state index >= 15 is 0 Å². The minimum atomic E-state index is -4.02. The molecule has 0 aliphatic carbocycles. The Morgan fingerprint density at radius 2 is 1.87 bits per heavy atom. The number of carbonyl (C=O) groups is 1. The molecule has 0 saturated carbocycles. The van der Waals surface area contributed by atoms with Gasteiger partial charge in [0, 0.05) is 11.6 Å². The average molecular weight is 467 g/mol. The summed E-state index contributed by atoms with van der Waals surface area (Å²) in [5.41, 5.74) is 0.215. The largest absolute Gasteiger partial charge is 0.495 e. The van der Waals surface area contributed by atoms with E-state index in [1.165, 1.54) is 25.3 Å². The van der Waals surface area contributed by atoms with E-state index < -0.39 is 10.0 Å². The van der Waals surface area contributed by atoms with Gasteiger partial charge in [0.25, 0.3) is 10.0 Å². The molecule has 0 spiro atoms. The standard InChI is InChI=1S/C23H31ClN2O4S/c1-4-6-10-18(5-2)16-25-23(27)17-26(21-15-19(24)13-14-22(21)30-3)31(28,29)20-11-8-7-9-12-20/h7-9,11-15,18H,4-6,10,16-17H2,1-3H3,(H,25,27). The van der Waals surface area contributed by atoms with Gasteiger partial charge in [0.15, 0.2) is 0 Å². The van der Waals surface area contributed by atoms with Crippen molar-refractivity contribution in [3.63, 3.8) is 0 Å². The zero-order valence-corrected chi connectivity index (χ0v) is 19.9. The number of nitrogens with zero attached hydrogens (tertiary/aromatic N) is 1. The number of amides is 1. The van der Waals surface area contributed by atoms with Crippen LogP contribution in [0.5, 0.6) is 5.75 Å². The van der Waals surface area contributed by atoms with Crippen LogP contribution in [0.4, 0.5) is 5.69 Å². The first-order valence-corrected chi connectivity index (χ1v) is 12.3. The molecule has 0 saturated heterocycles. The molecule has 0 radical (unpaired) electrons. The van der Waals surface area contributed by atoms with Crippen LogP contribution in [-0.4, -0.2) is 34.5 Å². The van der Waals surface area contributed by atoms with Crippen molar-refractivity contribution in [1.82, 2.24) is 5.32 Å². The topological polar surface area (TPSA) is 75.7 Å². The number of hydrogen-bond acceptors (Lipinski definition) is 4. The summed E-state index contributed by atoms with van der Waals surface area (Å²) in [6.07, 6.45) is 4.18. The number of sulfonamides is 1. The van der Waals surface area contributed by atoms with Gasteiger partial charge >= 0.3 is 0 Å². The highest BCUT2D eigenvalue weighted by atomic mass is 35.5. The first-order chi connectivity index (χ1) is 14.8. The fourth-order valence-corrected chi connectivity index (χ4v) is 4.88. The summed E-state index contributed by atoms with van der Waals surface area (Å²) in [7, 11) is -2.58. The van der Waals surface area contributed by atoms with Gasteiger partial charge in [-0.15, -0.1) is 0 Å². The van der Waals surface area contributed by atoms with Crippen LogP contribution in [0.2, 0.25) is 5.02 Å². The van der Waals surface area contributed by atoms with E-state index in [0.29, 0.717) is 23.2 Å². The number of ether oxygens (including phenoxy) is 1. The van der Waals surface area contributed by atoms with Crippen LogP contribution in [0.25, 0.3) is 0 Å². The zero-order chi connectivity index (χ0) is 22.9. The lowest BCUT2D eigenvalue weighted by atomic mass is 9.99. The fourth-order valence-electron chi connectivity index (χ4n) is 3.27. The number of unbranched alkanes of at least 4 members (excludes halogenated alkanes) is 1. The van der Waals surface area contributed by atoms with Gasteiger partial charge in [0.2, 0.25) is 5.91 Å². The number of nitrogens with one attached hydrogen (secondary N) is 1. The number of rotatable bonds is 12. The van der Waals surface area contributed by atoms with Crippen LogP contribution in [0.15, 0.2) is 53.4 Å². The maximum absolute atomic E-state index is 13.4. The highest BCUT2D eigenvalue weighted by molar-refractivity contribution is 7.92. The van der Waals surface area contributed by atoms with Crippen LogP contribution in [0, 0.1) is 5.92 Å². The highest BCUT2D eigenvalue weighted by Crippen LogP contribution is 2.34. The molecule has 0 fully saturated rings. The maximum Gasteiger partial charge on any atom is 0.264 e. The molecular formula is C23H31ClN2O4S.